The summed E-state index contributed by atoms with van der Waals surface area (Å²) in [6.07, 6.45) is 1.10. The fourth-order valence-corrected chi connectivity index (χ4v) is 3.23. The Bertz CT molecular complexity index is 708. The minimum absolute atomic E-state index is 0.185. The minimum Gasteiger partial charge on any atom is -0.493 e. The van der Waals surface area contributed by atoms with E-state index in [1.54, 1.807) is 6.92 Å². The molecule has 1 N–H and O–H groups in total. The van der Waals surface area contributed by atoms with Gasteiger partial charge in [0.05, 0.1) is 31.7 Å². The predicted molar refractivity (Wildman–Crippen MR) is 94.6 cm³/mol. The van der Waals surface area contributed by atoms with Crippen molar-refractivity contribution in [2.45, 2.75) is 33.2 Å². The molecule has 0 saturated heterocycles. The van der Waals surface area contributed by atoms with Crippen LogP contribution in [0.25, 0.3) is 0 Å². The lowest BCUT2D eigenvalue weighted by molar-refractivity contribution is 0.0920. The Balaban J connectivity index is 3.62. The molecular weight excluding hydrogens is 332 g/mol. The zero-order valence-corrected chi connectivity index (χ0v) is 16.1. The van der Waals surface area contributed by atoms with Gasteiger partial charge in [-0.2, -0.15) is 0 Å². The van der Waals surface area contributed by atoms with E-state index in [1.807, 2.05) is 20.8 Å². The van der Waals surface area contributed by atoms with Gasteiger partial charge in [0.2, 0.25) is 10.0 Å². The van der Waals surface area contributed by atoms with E-state index in [4.69, 9.17) is 9.47 Å². The molecule has 0 radical (unpaired) electrons. The van der Waals surface area contributed by atoms with Gasteiger partial charge in [0, 0.05) is 18.2 Å². The van der Waals surface area contributed by atoms with Gasteiger partial charge in [-0.25, -0.2) is 8.42 Å². The molecule has 7 nitrogen and oxygen atoms in total. The molecule has 0 aliphatic heterocycles. The molecule has 8 heteroatoms. The number of carbonyl (C=O) groups excluding carboxylic acids is 1. The minimum atomic E-state index is -3.56. The molecule has 136 valence electrons. The van der Waals surface area contributed by atoms with Crippen LogP contribution in [0.4, 0.5) is 5.69 Å². The van der Waals surface area contributed by atoms with Gasteiger partial charge in [-0.15, -0.1) is 0 Å². The highest BCUT2D eigenvalue weighted by molar-refractivity contribution is 7.92. The molecule has 0 aromatic heterocycles. The summed E-state index contributed by atoms with van der Waals surface area (Å²) in [6.45, 7) is 7.42. The SMILES string of the molecule is CCN(c1cc(OC)c(OC)cc1C(=O)NC(C)(C)C)S(C)(=O)=O. The summed E-state index contributed by atoms with van der Waals surface area (Å²) in [7, 11) is -0.648. The number of methoxy groups -OCH3 is 2. The topological polar surface area (TPSA) is 84.9 Å². The first-order valence-electron chi connectivity index (χ1n) is 7.50. The maximum Gasteiger partial charge on any atom is 0.253 e. The van der Waals surface area contributed by atoms with Crippen molar-refractivity contribution in [3.05, 3.63) is 17.7 Å². The summed E-state index contributed by atoms with van der Waals surface area (Å²) in [4.78, 5) is 12.7. The molecule has 0 bridgehead atoms. The second-order valence-corrected chi connectivity index (χ2v) is 8.26. The number of rotatable bonds is 6. The number of ether oxygens (including phenoxy) is 2. The van der Waals surface area contributed by atoms with Crippen LogP contribution in [0.3, 0.4) is 0 Å². The number of hydrogen-bond donors (Lipinski definition) is 1. The second-order valence-electron chi connectivity index (χ2n) is 6.36. The summed E-state index contributed by atoms with van der Waals surface area (Å²) in [6, 6.07) is 2.99. The average molecular weight is 358 g/mol. The van der Waals surface area contributed by atoms with E-state index in [1.165, 1.54) is 26.4 Å². The van der Waals surface area contributed by atoms with Crippen LogP contribution in [-0.2, 0) is 10.0 Å². The first-order chi connectivity index (χ1) is 10.9. The average Bonchev–Trinajstić information content (AvgIpc) is 2.43. The first kappa shape index (κ1) is 20.1. The third kappa shape index (κ3) is 4.77. The van der Waals surface area contributed by atoms with Gasteiger partial charge in [-0.1, -0.05) is 0 Å². The zero-order chi connectivity index (χ0) is 18.7. The van der Waals surface area contributed by atoms with E-state index in [9.17, 15) is 13.2 Å². The van der Waals surface area contributed by atoms with Gasteiger partial charge >= 0.3 is 0 Å². The van der Waals surface area contributed by atoms with Crippen molar-refractivity contribution in [3.8, 4) is 11.5 Å². The van der Waals surface area contributed by atoms with E-state index in [-0.39, 0.29) is 23.7 Å². The summed E-state index contributed by atoms with van der Waals surface area (Å²) < 4.78 is 35.8. The lowest BCUT2D eigenvalue weighted by Crippen LogP contribution is -2.41. The molecule has 0 aliphatic rings. The quantitative estimate of drug-likeness (QED) is 0.841. The lowest BCUT2D eigenvalue weighted by atomic mass is 10.1. The monoisotopic (exact) mass is 358 g/mol. The molecule has 1 rings (SSSR count). The molecule has 0 fully saturated rings. The van der Waals surface area contributed by atoms with E-state index >= 15 is 0 Å². The van der Waals surface area contributed by atoms with Crippen LogP contribution in [0.2, 0.25) is 0 Å². The van der Waals surface area contributed by atoms with Crippen molar-refractivity contribution in [3.63, 3.8) is 0 Å². The fraction of sp³-hybridized carbons (Fsp3) is 0.562. The Morgan fingerprint density at radius 2 is 1.67 bits per heavy atom. The maximum absolute atomic E-state index is 12.7. The standard InChI is InChI=1S/C16H26N2O5S/c1-8-18(24(7,20)21)12-10-14(23-6)13(22-5)9-11(12)15(19)17-16(2,3)4/h9-10H,8H2,1-7H3,(H,17,19). The first-order valence-corrected chi connectivity index (χ1v) is 9.35. The number of sulfonamides is 1. The summed E-state index contributed by atoms with van der Waals surface area (Å²) >= 11 is 0. The van der Waals surface area contributed by atoms with E-state index in [0.717, 1.165) is 10.6 Å². The number of nitrogens with zero attached hydrogens (tertiary/aromatic N) is 1. The van der Waals surface area contributed by atoms with Gasteiger partial charge in [0.15, 0.2) is 11.5 Å². The van der Waals surface area contributed by atoms with Crippen molar-refractivity contribution in [2.75, 3.05) is 31.3 Å². The van der Waals surface area contributed by atoms with Gasteiger partial charge in [-0.3, -0.25) is 9.10 Å². The Morgan fingerprint density at radius 3 is 2.04 bits per heavy atom. The zero-order valence-electron chi connectivity index (χ0n) is 15.3. The summed E-state index contributed by atoms with van der Waals surface area (Å²) in [5.41, 5.74) is -0.0156. The number of anilines is 1. The molecule has 0 heterocycles. The Morgan fingerprint density at radius 1 is 1.17 bits per heavy atom. The van der Waals surface area contributed by atoms with Crippen molar-refractivity contribution in [1.82, 2.24) is 5.32 Å². The number of nitrogens with one attached hydrogen (secondary N) is 1. The van der Waals surface area contributed by atoms with Crippen LogP contribution >= 0.6 is 0 Å². The lowest BCUT2D eigenvalue weighted by Gasteiger charge is -2.26. The molecule has 0 saturated carbocycles. The van der Waals surface area contributed by atoms with Crippen LogP contribution in [0.15, 0.2) is 12.1 Å². The molecule has 0 spiro atoms. The normalized spacial score (nSPS) is 11.8. The van der Waals surface area contributed by atoms with Crippen LogP contribution in [-0.4, -0.2) is 46.9 Å². The van der Waals surface area contributed by atoms with Crippen LogP contribution < -0.4 is 19.1 Å². The fourth-order valence-electron chi connectivity index (χ4n) is 2.25. The van der Waals surface area contributed by atoms with Crippen molar-refractivity contribution in [2.24, 2.45) is 0 Å². The highest BCUT2D eigenvalue weighted by Gasteiger charge is 2.26. The highest BCUT2D eigenvalue weighted by atomic mass is 32.2. The number of hydrogen-bond acceptors (Lipinski definition) is 5. The van der Waals surface area contributed by atoms with Crippen molar-refractivity contribution < 1.29 is 22.7 Å². The summed E-state index contributed by atoms with van der Waals surface area (Å²) in [5.74, 6) is 0.312. The Labute approximate surface area is 144 Å². The predicted octanol–water partition coefficient (Wildman–Crippen LogP) is 2.02. The Hall–Kier alpha value is -1.96. The van der Waals surface area contributed by atoms with Gasteiger partial charge in [-0.05, 0) is 33.8 Å². The third-order valence-corrected chi connectivity index (χ3v) is 4.45. The molecule has 1 amide bonds. The summed E-state index contributed by atoms with van der Waals surface area (Å²) in [5, 5.41) is 2.84. The molecular formula is C16H26N2O5S. The number of amides is 1. The number of benzene rings is 1. The highest BCUT2D eigenvalue weighted by Crippen LogP contribution is 2.36. The van der Waals surface area contributed by atoms with Crippen molar-refractivity contribution in [1.29, 1.82) is 0 Å². The van der Waals surface area contributed by atoms with Gasteiger partial charge in [0.1, 0.15) is 0 Å². The second kappa shape index (κ2) is 7.29. The number of carbonyl (C=O) groups is 1. The van der Waals surface area contributed by atoms with Crippen LogP contribution in [0.5, 0.6) is 11.5 Å². The smallest absolute Gasteiger partial charge is 0.253 e. The molecule has 0 unspecified atom stereocenters. The largest absolute Gasteiger partial charge is 0.493 e. The van der Waals surface area contributed by atoms with E-state index < -0.39 is 15.6 Å². The molecule has 1 aromatic carbocycles. The molecule has 24 heavy (non-hydrogen) atoms. The molecule has 1 aromatic rings. The van der Waals surface area contributed by atoms with Crippen LogP contribution in [0, 0.1) is 0 Å². The van der Waals surface area contributed by atoms with Crippen molar-refractivity contribution >= 4 is 21.6 Å². The van der Waals surface area contributed by atoms with Crippen LogP contribution in [0.1, 0.15) is 38.1 Å². The maximum atomic E-state index is 12.7. The van der Waals surface area contributed by atoms with E-state index in [0.29, 0.717) is 11.5 Å². The third-order valence-electron chi connectivity index (χ3n) is 3.19. The van der Waals surface area contributed by atoms with Gasteiger partial charge in [0.25, 0.3) is 5.91 Å². The van der Waals surface area contributed by atoms with Gasteiger partial charge < -0.3 is 14.8 Å². The molecule has 0 aliphatic carbocycles. The molecule has 0 atom stereocenters. The Kier molecular flexibility index (Phi) is 6.10. The van der Waals surface area contributed by atoms with E-state index in [2.05, 4.69) is 5.32 Å².